The van der Waals surface area contributed by atoms with Crippen molar-refractivity contribution in [3.05, 3.63) is 35.3 Å². The van der Waals surface area contributed by atoms with E-state index in [2.05, 4.69) is 24.9 Å². The molecule has 2 saturated heterocycles. The van der Waals surface area contributed by atoms with Crippen molar-refractivity contribution in [2.24, 2.45) is 5.41 Å². The molecule has 1 aromatic carbocycles. The van der Waals surface area contributed by atoms with E-state index in [0.717, 1.165) is 31.7 Å². The molecule has 0 radical (unpaired) electrons. The Balaban J connectivity index is 1.40. The molecule has 7 nitrogen and oxygen atoms in total. The van der Waals surface area contributed by atoms with Gasteiger partial charge in [-0.15, -0.1) is 0 Å². The molecule has 37 heavy (non-hydrogen) atoms. The SMILES string of the molecule is CCSNc1cc(F)c(C(=O)Nc2nc(C)cc(N3CCC(F)(F)CC3)n2)c(N2CCC3(CC2)CC3)c1. The number of hydrogen-bond donors (Lipinski definition) is 2. The molecule has 200 valence electrons. The highest BCUT2D eigenvalue weighted by atomic mass is 32.2. The summed E-state index contributed by atoms with van der Waals surface area (Å²) >= 11 is 1.46. The van der Waals surface area contributed by atoms with Gasteiger partial charge in [-0.25, -0.2) is 18.2 Å². The van der Waals surface area contributed by atoms with Gasteiger partial charge in [0.15, 0.2) is 0 Å². The van der Waals surface area contributed by atoms with Gasteiger partial charge in [0, 0.05) is 62.2 Å². The summed E-state index contributed by atoms with van der Waals surface area (Å²) in [6, 6.07) is 4.88. The predicted molar refractivity (Wildman–Crippen MR) is 142 cm³/mol. The minimum atomic E-state index is -2.67. The van der Waals surface area contributed by atoms with Gasteiger partial charge in [-0.2, -0.15) is 4.98 Å². The summed E-state index contributed by atoms with van der Waals surface area (Å²) in [7, 11) is 0. The van der Waals surface area contributed by atoms with Crippen LogP contribution in [0.3, 0.4) is 0 Å². The normalized spacial score (nSPS) is 20.1. The number of hydrogen-bond acceptors (Lipinski definition) is 7. The molecule has 3 aliphatic rings. The van der Waals surface area contributed by atoms with Gasteiger partial charge in [0.1, 0.15) is 11.6 Å². The fraction of sp³-hybridized carbons (Fsp3) is 0.577. The van der Waals surface area contributed by atoms with Crippen LogP contribution in [0.4, 0.5) is 36.3 Å². The van der Waals surface area contributed by atoms with Gasteiger partial charge in [-0.3, -0.25) is 10.1 Å². The minimum absolute atomic E-state index is 0.0296. The Kier molecular flexibility index (Phi) is 7.17. The molecule has 1 amide bonds. The van der Waals surface area contributed by atoms with Crippen LogP contribution in [0.5, 0.6) is 0 Å². The van der Waals surface area contributed by atoms with Crippen LogP contribution >= 0.6 is 11.9 Å². The number of rotatable bonds is 7. The molecule has 1 saturated carbocycles. The van der Waals surface area contributed by atoms with Gasteiger partial charge in [-0.1, -0.05) is 18.9 Å². The van der Waals surface area contributed by atoms with Crippen LogP contribution in [0, 0.1) is 18.2 Å². The topological polar surface area (TPSA) is 73.4 Å². The summed E-state index contributed by atoms with van der Waals surface area (Å²) < 4.78 is 45.9. The van der Waals surface area contributed by atoms with E-state index in [1.165, 1.54) is 30.9 Å². The highest BCUT2D eigenvalue weighted by Gasteiger charge is 2.45. The Labute approximate surface area is 219 Å². The van der Waals surface area contributed by atoms with E-state index < -0.39 is 17.6 Å². The van der Waals surface area contributed by atoms with Gasteiger partial charge in [-0.05, 0) is 50.2 Å². The van der Waals surface area contributed by atoms with Gasteiger partial charge >= 0.3 is 0 Å². The first kappa shape index (κ1) is 25.9. The number of benzene rings is 1. The second kappa shape index (κ2) is 10.2. The number of piperidine rings is 2. The fourth-order valence-electron chi connectivity index (χ4n) is 5.18. The van der Waals surface area contributed by atoms with Crippen molar-refractivity contribution in [1.82, 2.24) is 9.97 Å². The van der Waals surface area contributed by atoms with Crippen molar-refractivity contribution in [3.8, 4) is 0 Å². The van der Waals surface area contributed by atoms with E-state index in [1.807, 2.05) is 13.0 Å². The maximum Gasteiger partial charge on any atom is 0.263 e. The molecule has 0 atom stereocenters. The highest BCUT2D eigenvalue weighted by molar-refractivity contribution is 8.00. The lowest BCUT2D eigenvalue weighted by atomic mass is 9.93. The van der Waals surface area contributed by atoms with E-state index in [1.54, 1.807) is 17.9 Å². The molecular weight excluding hydrogens is 501 g/mol. The van der Waals surface area contributed by atoms with Crippen molar-refractivity contribution in [2.75, 3.05) is 51.8 Å². The van der Waals surface area contributed by atoms with Crippen LogP contribution in [-0.2, 0) is 0 Å². The van der Waals surface area contributed by atoms with E-state index >= 15 is 4.39 Å². The van der Waals surface area contributed by atoms with Crippen LogP contribution in [0.1, 0.15) is 61.5 Å². The Morgan fingerprint density at radius 2 is 1.68 bits per heavy atom. The number of carbonyl (C=O) groups is 1. The first-order chi connectivity index (χ1) is 17.7. The number of nitrogens with zero attached hydrogens (tertiary/aromatic N) is 4. The van der Waals surface area contributed by atoms with E-state index in [4.69, 9.17) is 0 Å². The van der Waals surface area contributed by atoms with Gasteiger partial charge in [0.05, 0.1) is 11.3 Å². The van der Waals surface area contributed by atoms with Gasteiger partial charge in [0.25, 0.3) is 11.8 Å². The number of carbonyl (C=O) groups excluding carboxylic acids is 1. The molecule has 5 rings (SSSR count). The molecule has 0 bridgehead atoms. The zero-order chi connectivity index (χ0) is 26.2. The van der Waals surface area contributed by atoms with Crippen LogP contribution < -0.4 is 19.8 Å². The number of nitrogens with one attached hydrogen (secondary N) is 2. The second-order valence-corrected chi connectivity index (χ2v) is 11.4. The molecule has 1 spiro atoms. The summed E-state index contributed by atoms with van der Waals surface area (Å²) in [5, 5.41) is 2.68. The zero-order valence-corrected chi connectivity index (χ0v) is 22.1. The van der Waals surface area contributed by atoms with Gasteiger partial charge in [0.2, 0.25) is 5.95 Å². The largest absolute Gasteiger partial charge is 0.371 e. The number of aryl methyl sites for hydroxylation is 1. The third-order valence-electron chi connectivity index (χ3n) is 7.64. The number of aromatic nitrogens is 2. The first-order valence-corrected chi connectivity index (χ1v) is 13.9. The molecule has 3 heterocycles. The Bertz CT molecular complexity index is 1160. The zero-order valence-electron chi connectivity index (χ0n) is 21.2. The van der Waals surface area contributed by atoms with Crippen LogP contribution in [0.15, 0.2) is 18.2 Å². The summed E-state index contributed by atoms with van der Waals surface area (Å²) in [5.74, 6) is -2.61. The molecule has 3 fully saturated rings. The van der Waals surface area contributed by atoms with Crippen molar-refractivity contribution < 1.29 is 18.0 Å². The average Bonchev–Trinajstić information content (AvgIpc) is 3.61. The fourth-order valence-corrected chi connectivity index (χ4v) is 5.61. The lowest BCUT2D eigenvalue weighted by Gasteiger charge is -2.35. The average molecular weight is 535 g/mol. The molecule has 11 heteroatoms. The lowest BCUT2D eigenvalue weighted by molar-refractivity contribution is -0.0221. The van der Waals surface area contributed by atoms with Crippen molar-refractivity contribution in [1.29, 1.82) is 0 Å². The quantitative estimate of drug-likeness (QED) is 0.430. The van der Waals surface area contributed by atoms with Gasteiger partial charge < -0.3 is 14.5 Å². The summed E-state index contributed by atoms with van der Waals surface area (Å²) in [6.07, 6.45) is 4.07. The molecular formula is C26H33F3N6OS. The van der Waals surface area contributed by atoms with Crippen molar-refractivity contribution in [2.45, 2.75) is 58.3 Å². The monoisotopic (exact) mass is 534 g/mol. The molecule has 1 aliphatic carbocycles. The van der Waals surface area contributed by atoms with Crippen molar-refractivity contribution >= 4 is 41.0 Å². The molecule has 2 aliphatic heterocycles. The second-order valence-electron chi connectivity index (χ2n) is 10.4. The number of anilines is 4. The molecule has 2 N–H and O–H groups in total. The summed E-state index contributed by atoms with van der Waals surface area (Å²) in [5.41, 5.74) is 2.15. The molecule has 1 aromatic heterocycles. The van der Waals surface area contributed by atoms with Crippen LogP contribution in [0.2, 0.25) is 0 Å². The maximum atomic E-state index is 15.5. The standard InChI is InChI=1S/C26H33F3N6OS/c1-3-37-33-18-15-19(27)22(20(16-18)34-10-6-25(4-5-25)7-11-34)23(36)32-24-30-17(2)14-21(31-24)35-12-8-26(28,29)9-13-35/h14-16,33H,3-13H2,1-2H3,(H,30,31,32,36). The maximum absolute atomic E-state index is 15.5. The van der Waals surface area contributed by atoms with Crippen LogP contribution in [0.25, 0.3) is 0 Å². The number of halogens is 3. The molecule has 0 unspecified atom stereocenters. The lowest BCUT2D eigenvalue weighted by Crippen LogP contribution is -2.40. The first-order valence-electron chi connectivity index (χ1n) is 12.9. The van der Waals surface area contributed by atoms with Crippen molar-refractivity contribution in [3.63, 3.8) is 0 Å². The number of alkyl halides is 2. The summed E-state index contributed by atoms with van der Waals surface area (Å²) in [4.78, 5) is 26.0. The third kappa shape index (κ3) is 5.91. The Hall–Kier alpha value is -2.69. The number of amides is 1. The van der Waals surface area contributed by atoms with E-state index in [-0.39, 0.29) is 37.4 Å². The minimum Gasteiger partial charge on any atom is -0.371 e. The summed E-state index contributed by atoms with van der Waals surface area (Å²) in [6.45, 7) is 5.62. The van der Waals surface area contributed by atoms with E-state index in [9.17, 15) is 13.6 Å². The molecule has 2 aromatic rings. The predicted octanol–water partition coefficient (Wildman–Crippen LogP) is 5.87. The third-order valence-corrected chi connectivity index (χ3v) is 8.31. The highest BCUT2D eigenvalue weighted by Crippen LogP contribution is 2.54. The van der Waals surface area contributed by atoms with Crippen LogP contribution in [-0.4, -0.2) is 53.7 Å². The Morgan fingerprint density at radius 3 is 2.32 bits per heavy atom. The smallest absolute Gasteiger partial charge is 0.263 e. The van der Waals surface area contributed by atoms with E-state index in [0.29, 0.717) is 28.3 Å². The Morgan fingerprint density at radius 1 is 1.00 bits per heavy atom.